The standard InChI is InChI=1S/C16H9F2N3O3S/c17-12-5-4-9(7-13(12)18)14-8-25-16(19-14)20-15(22)10-2-1-3-11(6-10)21(23)24/h1-8H,(H,19,20,22). The van der Waals surface area contributed by atoms with Gasteiger partial charge in [-0.25, -0.2) is 13.8 Å². The first-order valence-corrected chi connectivity index (χ1v) is 7.79. The SMILES string of the molecule is O=C(Nc1nc(-c2ccc(F)c(F)c2)cs1)c1cccc([N+](=O)[O-])c1. The average Bonchev–Trinajstić information content (AvgIpc) is 3.06. The van der Waals surface area contributed by atoms with Gasteiger partial charge in [0.2, 0.25) is 0 Å². The van der Waals surface area contributed by atoms with Crippen LogP contribution in [0.2, 0.25) is 0 Å². The third-order valence-corrected chi connectivity index (χ3v) is 4.02. The number of hydrogen-bond acceptors (Lipinski definition) is 5. The number of nitrogens with zero attached hydrogens (tertiary/aromatic N) is 2. The molecule has 2 aromatic carbocycles. The number of anilines is 1. The largest absolute Gasteiger partial charge is 0.298 e. The Bertz CT molecular complexity index is 975. The maximum atomic E-state index is 13.3. The molecular formula is C16H9F2N3O3S. The molecule has 3 rings (SSSR count). The van der Waals surface area contributed by atoms with E-state index >= 15 is 0 Å². The number of thiazole rings is 1. The molecule has 0 atom stereocenters. The van der Waals surface area contributed by atoms with E-state index in [2.05, 4.69) is 10.3 Å². The quantitative estimate of drug-likeness (QED) is 0.556. The van der Waals surface area contributed by atoms with Gasteiger partial charge in [-0.3, -0.25) is 20.2 Å². The van der Waals surface area contributed by atoms with Gasteiger partial charge < -0.3 is 0 Å². The summed E-state index contributed by atoms with van der Waals surface area (Å²) in [6, 6.07) is 8.65. The number of halogens is 2. The molecule has 0 bridgehead atoms. The fourth-order valence-electron chi connectivity index (χ4n) is 2.05. The molecule has 0 aliphatic heterocycles. The zero-order chi connectivity index (χ0) is 18.0. The third-order valence-electron chi connectivity index (χ3n) is 3.26. The van der Waals surface area contributed by atoms with E-state index in [-0.39, 0.29) is 16.4 Å². The van der Waals surface area contributed by atoms with Crippen molar-refractivity contribution in [3.8, 4) is 11.3 Å². The molecule has 25 heavy (non-hydrogen) atoms. The molecular weight excluding hydrogens is 352 g/mol. The summed E-state index contributed by atoms with van der Waals surface area (Å²) in [6.07, 6.45) is 0. The number of rotatable bonds is 4. The molecule has 1 N–H and O–H groups in total. The highest BCUT2D eigenvalue weighted by atomic mass is 32.1. The van der Waals surface area contributed by atoms with Crippen LogP contribution in [0, 0.1) is 21.7 Å². The van der Waals surface area contributed by atoms with Crippen molar-refractivity contribution in [1.29, 1.82) is 0 Å². The summed E-state index contributed by atoms with van der Waals surface area (Å²) in [6.45, 7) is 0. The second kappa shape index (κ2) is 6.73. The normalized spacial score (nSPS) is 10.5. The molecule has 6 nitrogen and oxygen atoms in total. The average molecular weight is 361 g/mol. The summed E-state index contributed by atoms with van der Waals surface area (Å²) in [5.74, 6) is -2.51. The summed E-state index contributed by atoms with van der Waals surface area (Å²) in [4.78, 5) is 26.5. The molecule has 1 aromatic heterocycles. The Labute approximate surface area is 143 Å². The van der Waals surface area contributed by atoms with Crippen molar-refractivity contribution in [2.75, 3.05) is 5.32 Å². The number of benzene rings is 2. The van der Waals surface area contributed by atoms with Crippen molar-refractivity contribution < 1.29 is 18.5 Å². The Hall–Kier alpha value is -3.20. The third kappa shape index (κ3) is 3.66. The van der Waals surface area contributed by atoms with E-state index in [1.54, 1.807) is 5.38 Å². The lowest BCUT2D eigenvalue weighted by atomic mass is 10.2. The number of amides is 1. The number of hydrogen-bond donors (Lipinski definition) is 1. The predicted octanol–water partition coefficient (Wildman–Crippen LogP) is 4.25. The van der Waals surface area contributed by atoms with Crippen LogP contribution in [0.4, 0.5) is 19.6 Å². The molecule has 9 heteroatoms. The van der Waals surface area contributed by atoms with E-state index in [1.165, 1.54) is 24.3 Å². The summed E-state index contributed by atoms with van der Waals surface area (Å²) < 4.78 is 26.3. The van der Waals surface area contributed by atoms with Gasteiger partial charge in [0, 0.05) is 28.6 Å². The second-order valence-electron chi connectivity index (χ2n) is 4.93. The van der Waals surface area contributed by atoms with Gasteiger partial charge in [-0.15, -0.1) is 11.3 Å². The molecule has 1 heterocycles. The highest BCUT2D eigenvalue weighted by molar-refractivity contribution is 7.14. The highest BCUT2D eigenvalue weighted by Gasteiger charge is 2.14. The predicted molar refractivity (Wildman–Crippen MR) is 88.5 cm³/mol. The van der Waals surface area contributed by atoms with Gasteiger partial charge in [-0.2, -0.15) is 0 Å². The van der Waals surface area contributed by atoms with Crippen molar-refractivity contribution in [2.24, 2.45) is 0 Å². The van der Waals surface area contributed by atoms with Crippen LogP contribution in [0.5, 0.6) is 0 Å². The number of nitro benzene ring substituents is 1. The molecule has 126 valence electrons. The van der Waals surface area contributed by atoms with Gasteiger partial charge in [0.25, 0.3) is 11.6 Å². The van der Waals surface area contributed by atoms with Crippen LogP contribution in [0.1, 0.15) is 10.4 Å². The molecule has 3 aromatic rings. The highest BCUT2D eigenvalue weighted by Crippen LogP contribution is 2.26. The van der Waals surface area contributed by atoms with Crippen LogP contribution >= 0.6 is 11.3 Å². The lowest BCUT2D eigenvalue weighted by molar-refractivity contribution is -0.384. The Morgan fingerprint density at radius 3 is 2.68 bits per heavy atom. The second-order valence-corrected chi connectivity index (χ2v) is 5.79. The first-order chi connectivity index (χ1) is 11.9. The number of non-ortho nitro benzene ring substituents is 1. The van der Waals surface area contributed by atoms with Crippen LogP contribution in [0.3, 0.4) is 0 Å². The number of aromatic nitrogens is 1. The van der Waals surface area contributed by atoms with Crippen LogP contribution < -0.4 is 5.32 Å². The van der Waals surface area contributed by atoms with Crippen molar-refractivity contribution in [1.82, 2.24) is 4.98 Å². The molecule has 1 amide bonds. The van der Waals surface area contributed by atoms with Crippen LogP contribution in [0.15, 0.2) is 47.8 Å². The fraction of sp³-hybridized carbons (Fsp3) is 0. The van der Waals surface area contributed by atoms with E-state index in [4.69, 9.17) is 0 Å². The maximum Gasteiger partial charge on any atom is 0.270 e. The van der Waals surface area contributed by atoms with Gasteiger partial charge in [-0.05, 0) is 24.3 Å². The summed E-state index contributed by atoms with van der Waals surface area (Å²) in [5.41, 5.74) is 0.650. The van der Waals surface area contributed by atoms with Crippen LogP contribution in [0.25, 0.3) is 11.3 Å². The van der Waals surface area contributed by atoms with Crippen LogP contribution in [-0.2, 0) is 0 Å². The zero-order valence-corrected chi connectivity index (χ0v) is 13.2. The van der Waals surface area contributed by atoms with E-state index in [0.29, 0.717) is 11.3 Å². The number of carbonyl (C=O) groups is 1. The molecule has 0 radical (unpaired) electrons. The number of carbonyl (C=O) groups excluding carboxylic acids is 1. The van der Waals surface area contributed by atoms with Crippen molar-refractivity contribution in [3.05, 3.63) is 75.2 Å². The molecule has 0 unspecified atom stereocenters. The molecule has 0 spiro atoms. The summed E-state index contributed by atoms with van der Waals surface area (Å²) in [5, 5.41) is 15.1. The fourth-order valence-corrected chi connectivity index (χ4v) is 2.76. The molecule has 0 saturated carbocycles. The monoisotopic (exact) mass is 361 g/mol. The Morgan fingerprint density at radius 2 is 1.96 bits per heavy atom. The molecule has 0 saturated heterocycles. The summed E-state index contributed by atoms with van der Waals surface area (Å²) in [7, 11) is 0. The molecule has 0 fully saturated rings. The van der Waals surface area contributed by atoms with E-state index in [9.17, 15) is 23.7 Å². The van der Waals surface area contributed by atoms with Crippen molar-refractivity contribution in [3.63, 3.8) is 0 Å². The first kappa shape index (κ1) is 16.7. The lowest BCUT2D eigenvalue weighted by Gasteiger charge is -2.02. The smallest absolute Gasteiger partial charge is 0.270 e. The van der Waals surface area contributed by atoms with Gasteiger partial charge in [-0.1, -0.05) is 6.07 Å². The minimum absolute atomic E-state index is 0.110. The first-order valence-electron chi connectivity index (χ1n) is 6.91. The molecule has 0 aliphatic carbocycles. The van der Waals surface area contributed by atoms with E-state index < -0.39 is 22.5 Å². The van der Waals surface area contributed by atoms with Crippen molar-refractivity contribution in [2.45, 2.75) is 0 Å². The minimum Gasteiger partial charge on any atom is -0.298 e. The molecule has 0 aliphatic rings. The number of nitro groups is 1. The Balaban J connectivity index is 1.79. The minimum atomic E-state index is -0.993. The Kier molecular flexibility index (Phi) is 4.48. The topological polar surface area (TPSA) is 85.1 Å². The zero-order valence-electron chi connectivity index (χ0n) is 12.4. The summed E-state index contributed by atoms with van der Waals surface area (Å²) >= 11 is 1.09. The Morgan fingerprint density at radius 1 is 1.16 bits per heavy atom. The van der Waals surface area contributed by atoms with E-state index in [1.807, 2.05) is 0 Å². The number of nitrogens with one attached hydrogen (secondary N) is 1. The maximum absolute atomic E-state index is 13.3. The van der Waals surface area contributed by atoms with E-state index in [0.717, 1.165) is 29.5 Å². The van der Waals surface area contributed by atoms with Crippen LogP contribution in [-0.4, -0.2) is 15.8 Å². The van der Waals surface area contributed by atoms with Gasteiger partial charge in [0.05, 0.1) is 10.6 Å². The van der Waals surface area contributed by atoms with Gasteiger partial charge in [0.1, 0.15) is 0 Å². The van der Waals surface area contributed by atoms with Gasteiger partial charge in [0.15, 0.2) is 16.8 Å². The van der Waals surface area contributed by atoms with Crippen molar-refractivity contribution >= 4 is 28.1 Å². The van der Waals surface area contributed by atoms with Gasteiger partial charge >= 0.3 is 0 Å². The lowest BCUT2D eigenvalue weighted by Crippen LogP contribution is -2.11.